The molecule has 2 rings (SSSR count). The standard InChI is InChI=1S/C8H10N2O2S/c11-4-8(1-2-8)10-7(12)6-3-13-5-9-6/h3,5,11H,1-2,4H2,(H,10,12). The number of aromatic nitrogens is 1. The maximum Gasteiger partial charge on any atom is 0.271 e. The van der Waals surface area contributed by atoms with Gasteiger partial charge < -0.3 is 10.4 Å². The molecule has 0 saturated heterocycles. The summed E-state index contributed by atoms with van der Waals surface area (Å²) in [6.45, 7) is 0.0167. The second kappa shape index (κ2) is 3.08. The van der Waals surface area contributed by atoms with Crippen molar-refractivity contribution >= 4 is 17.2 Å². The third kappa shape index (κ3) is 1.71. The Bertz CT molecular complexity index is 306. The summed E-state index contributed by atoms with van der Waals surface area (Å²) in [5.74, 6) is -0.187. The summed E-state index contributed by atoms with van der Waals surface area (Å²) in [6, 6.07) is 0. The number of aliphatic hydroxyl groups is 1. The molecule has 0 aromatic carbocycles. The van der Waals surface area contributed by atoms with Gasteiger partial charge in [0, 0.05) is 5.38 Å². The Morgan fingerprint density at radius 3 is 3.00 bits per heavy atom. The quantitative estimate of drug-likeness (QED) is 0.739. The average Bonchev–Trinajstić information content (AvgIpc) is 2.69. The van der Waals surface area contributed by atoms with Gasteiger partial charge in [-0.15, -0.1) is 11.3 Å². The molecular formula is C8H10N2O2S. The second-order valence-corrected chi connectivity index (χ2v) is 3.98. The highest BCUT2D eigenvalue weighted by Crippen LogP contribution is 2.34. The minimum atomic E-state index is -0.347. The molecule has 0 radical (unpaired) electrons. The van der Waals surface area contributed by atoms with Gasteiger partial charge in [-0.3, -0.25) is 4.79 Å². The van der Waals surface area contributed by atoms with Crippen molar-refractivity contribution in [3.8, 4) is 0 Å². The van der Waals surface area contributed by atoms with Gasteiger partial charge in [-0.2, -0.15) is 0 Å². The van der Waals surface area contributed by atoms with E-state index in [-0.39, 0.29) is 18.1 Å². The van der Waals surface area contributed by atoms with Crippen molar-refractivity contribution in [3.63, 3.8) is 0 Å². The summed E-state index contributed by atoms with van der Waals surface area (Å²) in [5.41, 5.74) is 1.71. The van der Waals surface area contributed by atoms with Crippen molar-refractivity contribution in [1.29, 1.82) is 0 Å². The number of thiazole rings is 1. The molecule has 1 saturated carbocycles. The zero-order valence-electron chi connectivity index (χ0n) is 6.99. The van der Waals surface area contributed by atoms with Crippen LogP contribution in [0.2, 0.25) is 0 Å². The van der Waals surface area contributed by atoms with Crippen LogP contribution in [0.4, 0.5) is 0 Å². The molecule has 0 bridgehead atoms. The van der Waals surface area contributed by atoms with E-state index in [0.29, 0.717) is 5.69 Å². The van der Waals surface area contributed by atoms with Crippen LogP contribution in [0, 0.1) is 0 Å². The molecule has 0 unspecified atom stereocenters. The summed E-state index contributed by atoms with van der Waals surface area (Å²) >= 11 is 1.39. The summed E-state index contributed by atoms with van der Waals surface area (Å²) in [6.07, 6.45) is 1.72. The number of nitrogens with one attached hydrogen (secondary N) is 1. The molecule has 1 aromatic heterocycles. The van der Waals surface area contributed by atoms with Crippen molar-refractivity contribution < 1.29 is 9.90 Å². The van der Waals surface area contributed by atoms with E-state index in [9.17, 15) is 4.79 Å². The van der Waals surface area contributed by atoms with Crippen LogP contribution in [0.5, 0.6) is 0 Å². The minimum absolute atomic E-state index is 0.0167. The molecule has 1 aliphatic carbocycles. The van der Waals surface area contributed by atoms with Crippen molar-refractivity contribution in [2.45, 2.75) is 18.4 Å². The van der Waals surface area contributed by atoms with Gasteiger partial charge in [0.05, 0.1) is 17.7 Å². The molecule has 1 aliphatic rings. The maximum atomic E-state index is 11.4. The number of amides is 1. The van der Waals surface area contributed by atoms with Crippen LogP contribution in [0.3, 0.4) is 0 Å². The van der Waals surface area contributed by atoms with Gasteiger partial charge in [-0.05, 0) is 12.8 Å². The normalized spacial score (nSPS) is 18.2. The van der Waals surface area contributed by atoms with Crippen molar-refractivity contribution in [2.24, 2.45) is 0 Å². The van der Waals surface area contributed by atoms with Gasteiger partial charge in [0.15, 0.2) is 0 Å². The molecule has 1 aromatic rings. The zero-order valence-corrected chi connectivity index (χ0v) is 7.80. The summed E-state index contributed by atoms with van der Waals surface area (Å²) in [7, 11) is 0. The molecule has 1 fully saturated rings. The van der Waals surface area contributed by atoms with Gasteiger partial charge in [0.1, 0.15) is 5.69 Å². The van der Waals surface area contributed by atoms with Crippen LogP contribution >= 0.6 is 11.3 Å². The molecule has 4 nitrogen and oxygen atoms in total. The third-order valence-electron chi connectivity index (χ3n) is 2.20. The molecule has 1 amide bonds. The zero-order chi connectivity index (χ0) is 9.31. The molecular weight excluding hydrogens is 188 g/mol. The molecule has 1 heterocycles. The molecule has 13 heavy (non-hydrogen) atoms. The van der Waals surface area contributed by atoms with E-state index >= 15 is 0 Å². The van der Waals surface area contributed by atoms with E-state index in [1.54, 1.807) is 10.9 Å². The van der Waals surface area contributed by atoms with Crippen LogP contribution in [0.1, 0.15) is 23.3 Å². The molecule has 5 heteroatoms. The first-order valence-electron chi connectivity index (χ1n) is 4.07. The summed E-state index contributed by atoms with van der Waals surface area (Å²) in [5, 5.41) is 13.4. The van der Waals surface area contributed by atoms with E-state index in [2.05, 4.69) is 10.3 Å². The van der Waals surface area contributed by atoms with Gasteiger partial charge in [-0.1, -0.05) is 0 Å². The maximum absolute atomic E-state index is 11.4. The highest BCUT2D eigenvalue weighted by atomic mass is 32.1. The lowest BCUT2D eigenvalue weighted by atomic mass is 10.3. The van der Waals surface area contributed by atoms with Gasteiger partial charge in [0.2, 0.25) is 0 Å². The van der Waals surface area contributed by atoms with E-state index in [1.165, 1.54) is 11.3 Å². The van der Waals surface area contributed by atoms with Crippen LogP contribution in [-0.2, 0) is 0 Å². The van der Waals surface area contributed by atoms with E-state index in [0.717, 1.165) is 12.8 Å². The van der Waals surface area contributed by atoms with Crippen LogP contribution in [0.15, 0.2) is 10.9 Å². The lowest BCUT2D eigenvalue weighted by Crippen LogP contribution is -2.39. The largest absolute Gasteiger partial charge is 0.394 e. The second-order valence-electron chi connectivity index (χ2n) is 3.27. The smallest absolute Gasteiger partial charge is 0.271 e. The Morgan fingerprint density at radius 1 is 1.77 bits per heavy atom. The molecule has 0 spiro atoms. The van der Waals surface area contributed by atoms with Gasteiger partial charge in [-0.25, -0.2) is 4.98 Å². The Labute approximate surface area is 79.6 Å². The summed E-state index contributed by atoms with van der Waals surface area (Å²) in [4.78, 5) is 15.3. The predicted octanol–water partition coefficient (Wildman–Crippen LogP) is 0.398. The monoisotopic (exact) mass is 198 g/mol. The first kappa shape index (κ1) is 8.65. The van der Waals surface area contributed by atoms with Crippen molar-refractivity contribution in [2.75, 3.05) is 6.61 Å². The SMILES string of the molecule is O=C(NC1(CO)CC1)c1cscn1. The fourth-order valence-electron chi connectivity index (χ4n) is 1.10. The lowest BCUT2D eigenvalue weighted by molar-refractivity contribution is 0.0902. The number of carbonyl (C=O) groups excluding carboxylic acids is 1. The Balaban J connectivity index is 2.00. The van der Waals surface area contributed by atoms with Gasteiger partial charge >= 0.3 is 0 Å². The Kier molecular flexibility index (Phi) is 2.05. The van der Waals surface area contributed by atoms with Crippen LogP contribution < -0.4 is 5.32 Å². The van der Waals surface area contributed by atoms with Gasteiger partial charge in [0.25, 0.3) is 5.91 Å². The lowest BCUT2D eigenvalue weighted by Gasteiger charge is -2.12. The fraction of sp³-hybridized carbons (Fsp3) is 0.500. The third-order valence-corrected chi connectivity index (χ3v) is 2.79. The Hall–Kier alpha value is -0.940. The van der Waals surface area contributed by atoms with Crippen LogP contribution in [-0.4, -0.2) is 28.1 Å². The molecule has 0 aliphatic heterocycles. The Morgan fingerprint density at radius 2 is 2.54 bits per heavy atom. The van der Waals surface area contributed by atoms with E-state index in [4.69, 9.17) is 5.11 Å². The van der Waals surface area contributed by atoms with E-state index in [1.807, 2.05) is 0 Å². The fourth-order valence-corrected chi connectivity index (χ4v) is 1.64. The average molecular weight is 198 g/mol. The van der Waals surface area contributed by atoms with Crippen molar-refractivity contribution in [3.05, 3.63) is 16.6 Å². The number of aliphatic hydroxyl groups excluding tert-OH is 1. The highest BCUT2D eigenvalue weighted by molar-refractivity contribution is 7.07. The van der Waals surface area contributed by atoms with E-state index < -0.39 is 0 Å². The number of carbonyl (C=O) groups is 1. The topological polar surface area (TPSA) is 62.2 Å². The highest BCUT2D eigenvalue weighted by Gasteiger charge is 2.43. The number of hydrogen-bond acceptors (Lipinski definition) is 4. The molecule has 0 atom stereocenters. The van der Waals surface area contributed by atoms with Crippen molar-refractivity contribution in [1.82, 2.24) is 10.3 Å². The number of rotatable bonds is 3. The first-order valence-corrected chi connectivity index (χ1v) is 5.02. The van der Waals surface area contributed by atoms with Crippen LogP contribution in [0.25, 0.3) is 0 Å². The number of hydrogen-bond donors (Lipinski definition) is 2. The molecule has 2 N–H and O–H groups in total. The predicted molar refractivity (Wildman–Crippen MR) is 48.6 cm³/mol. The molecule has 70 valence electrons. The number of nitrogens with zero attached hydrogens (tertiary/aromatic N) is 1. The summed E-state index contributed by atoms with van der Waals surface area (Å²) < 4.78 is 0. The first-order chi connectivity index (χ1) is 6.26. The minimum Gasteiger partial charge on any atom is -0.394 e.